The van der Waals surface area contributed by atoms with Crippen LogP contribution in [0.2, 0.25) is 0 Å². The molecular weight excluding hydrogens is 230 g/mol. The van der Waals surface area contributed by atoms with Gasteiger partial charge in [-0.1, -0.05) is 13.3 Å². The molecule has 4 nitrogen and oxygen atoms in total. The highest BCUT2D eigenvalue weighted by atomic mass is 16.5. The fourth-order valence-corrected chi connectivity index (χ4v) is 2.02. The first-order valence-corrected chi connectivity index (χ1v) is 7.40. The van der Waals surface area contributed by atoms with E-state index < -0.39 is 0 Å². The van der Waals surface area contributed by atoms with E-state index in [1.54, 1.807) is 0 Å². The van der Waals surface area contributed by atoms with Crippen molar-refractivity contribution in [3.63, 3.8) is 0 Å². The molecule has 0 spiro atoms. The molecule has 1 saturated heterocycles. The van der Waals surface area contributed by atoms with Gasteiger partial charge in [-0.05, 0) is 32.2 Å². The monoisotopic (exact) mass is 259 g/mol. The van der Waals surface area contributed by atoms with Gasteiger partial charge in [-0.25, -0.2) is 0 Å². The van der Waals surface area contributed by atoms with E-state index in [9.17, 15) is 0 Å². The van der Waals surface area contributed by atoms with Gasteiger partial charge in [0.2, 0.25) is 0 Å². The maximum atomic E-state index is 5.53. The van der Waals surface area contributed by atoms with Crippen LogP contribution in [0.5, 0.6) is 0 Å². The zero-order valence-electron chi connectivity index (χ0n) is 11.8. The van der Waals surface area contributed by atoms with E-state index in [4.69, 9.17) is 14.2 Å². The molecule has 0 saturated carbocycles. The molecule has 1 atom stereocenters. The van der Waals surface area contributed by atoms with Gasteiger partial charge in [0.1, 0.15) is 0 Å². The van der Waals surface area contributed by atoms with Crippen molar-refractivity contribution in [3.05, 3.63) is 0 Å². The molecule has 0 aromatic heterocycles. The van der Waals surface area contributed by atoms with Gasteiger partial charge in [-0.2, -0.15) is 0 Å². The number of hydrogen-bond acceptors (Lipinski definition) is 4. The van der Waals surface area contributed by atoms with Crippen molar-refractivity contribution in [1.29, 1.82) is 0 Å². The fourth-order valence-electron chi connectivity index (χ4n) is 2.02. The van der Waals surface area contributed by atoms with Crippen LogP contribution < -0.4 is 5.32 Å². The van der Waals surface area contributed by atoms with Crippen molar-refractivity contribution in [3.8, 4) is 0 Å². The molecular formula is C14H29NO3. The molecule has 1 heterocycles. The third kappa shape index (κ3) is 8.86. The van der Waals surface area contributed by atoms with Gasteiger partial charge in [-0.15, -0.1) is 0 Å². The summed E-state index contributed by atoms with van der Waals surface area (Å²) >= 11 is 0. The minimum Gasteiger partial charge on any atom is -0.379 e. The highest BCUT2D eigenvalue weighted by Crippen LogP contribution is 2.08. The largest absolute Gasteiger partial charge is 0.379 e. The molecule has 0 bridgehead atoms. The third-order valence-electron chi connectivity index (χ3n) is 3.16. The summed E-state index contributed by atoms with van der Waals surface area (Å²) in [5.41, 5.74) is 0. The summed E-state index contributed by atoms with van der Waals surface area (Å²) in [5, 5.41) is 3.46. The second-order valence-electron chi connectivity index (χ2n) is 4.77. The molecule has 0 radical (unpaired) electrons. The molecule has 0 aromatic carbocycles. The molecule has 1 rings (SSSR count). The Bertz CT molecular complexity index is 172. The summed E-state index contributed by atoms with van der Waals surface area (Å²) in [5.74, 6) is 0. The Labute approximate surface area is 111 Å². The molecule has 4 heteroatoms. The molecule has 0 aliphatic carbocycles. The molecule has 1 unspecified atom stereocenters. The number of nitrogens with one attached hydrogen (secondary N) is 1. The molecule has 108 valence electrons. The molecule has 1 aliphatic rings. The van der Waals surface area contributed by atoms with Gasteiger partial charge in [0, 0.05) is 19.3 Å². The van der Waals surface area contributed by atoms with Gasteiger partial charge in [0.25, 0.3) is 0 Å². The molecule has 0 aromatic rings. The zero-order chi connectivity index (χ0) is 12.9. The van der Waals surface area contributed by atoms with E-state index in [0.717, 1.165) is 26.1 Å². The van der Waals surface area contributed by atoms with Crippen molar-refractivity contribution in [1.82, 2.24) is 5.32 Å². The highest BCUT2D eigenvalue weighted by Gasteiger charge is 2.12. The van der Waals surface area contributed by atoms with E-state index in [-0.39, 0.29) is 0 Å². The summed E-state index contributed by atoms with van der Waals surface area (Å²) in [6.45, 7) is 7.78. The fraction of sp³-hybridized carbons (Fsp3) is 1.00. The van der Waals surface area contributed by atoms with Crippen LogP contribution in [0.3, 0.4) is 0 Å². The smallest absolute Gasteiger partial charge is 0.0701 e. The Morgan fingerprint density at radius 2 is 1.61 bits per heavy atom. The van der Waals surface area contributed by atoms with Crippen LogP contribution in [0.1, 0.15) is 39.0 Å². The summed E-state index contributed by atoms with van der Waals surface area (Å²) in [7, 11) is 0. The molecule has 1 N–H and O–H groups in total. The normalized spacial score (nSPS) is 19.5. The van der Waals surface area contributed by atoms with Gasteiger partial charge in [0.05, 0.1) is 26.4 Å². The zero-order valence-corrected chi connectivity index (χ0v) is 11.8. The Balaban J connectivity index is 1.68. The SMILES string of the molecule is CCCCOCCOCCOCCC1CCCN1. The quantitative estimate of drug-likeness (QED) is 0.544. The first-order valence-electron chi connectivity index (χ1n) is 7.40. The van der Waals surface area contributed by atoms with Crippen LogP contribution in [0.4, 0.5) is 0 Å². The second-order valence-corrected chi connectivity index (χ2v) is 4.77. The lowest BCUT2D eigenvalue weighted by Gasteiger charge is -2.10. The predicted molar refractivity (Wildman–Crippen MR) is 73.0 cm³/mol. The minimum absolute atomic E-state index is 0.676. The Morgan fingerprint density at radius 1 is 0.944 bits per heavy atom. The average Bonchev–Trinajstić information content (AvgIpc) is 2.89. The lowest BCUT2D eigenvalue weighted by Crippen LogP contribution is -2.23. The Hall–Kier alpha value is -0.160. The van der Waals surface area contributed by atoms with Crippen LogP contribution in [0.25, 0.3) is 0 Å². The Morgan fingerprint density at radius 3 is 2.22 bits per heavy atom. The average molecular weight is 259 g/mol. The number of hydrogen-bond donors (Lipinski definition) is 1. The van der Waals surface area contributed by atoms with Crippen molar-refractivity contribution in [2.24, 2.45) is 0 Å². The Kier molecular flexibility index (Phi) is 10.5. The van der Waals surface area contributed by atoms with Crippen LogP contribution in [0.15, 0.2) is 0 Å². The standard InChI is InChI=1S/C14H29NO3/c1-2-3-8-16-10-12-18-13-11-17-9-6-14-5-4-7-15-14/h14-15H,2-13H2,1H3. The number of unbranched alkanes of at least 4 members (excludes halogenated alkanes) is 1. The van der Waals surface area contributed by atoms with E-state index in [1.165, 1.54) is 25.8 Å². The van der Waals surface area contributed by atoms with E-state index in [0.29, 0.717) is 32.5 Å². The molecule has 1 fully saturated rings. The van der Waals surface area contributed by atoms with Gasteiger partial charge in [-0.3, -0.25) is 0 Å². The van der Waals surface area contributed by atoms with E-state index in [1.807, 2.05) is 0 Å². The first kappa shape index (κ1) is 15.9. The number of ether oxygens (including phenoxy) is 3. The van der Waals surface area contributed by atoms with Crippen LogP contribution in [-0.4, -0.2) is 52.2 Å². The van der Waals surface area contributed by atoms with Crippen LogP contribution >= 0.6 is 0 Å². The van der Waals surface area contributed by atoms with Crippen molar-refractivity contribution in [2.75, 3.05) is 46.2 Å². The van der Waals surface area contributed by atoms with E-state index in [2.05, 4.69) is 12.2 Å². The maximum absolute atomic E-state index is 5.53. The van der Waals surface area contributed by atoms with Crippen LogP contribution in [-0.2, 0) is 14.2 Å². The summed E-state index contributed by atoms with van der Waals surface area (Å²) in [6, 6.07) is 0.679. The minimum atomic E-state index is 0.676. The summed E-state index contributed by atoms with van der Waals surface area (Å²) < 4.78 is 16.4. The van der Waals surface area contributed by atoms with Crippen molar-refractivity contribution < 1.29 is 14.2 Å². The summed E-state index contributed by atoms with van der Waals surface area (Å²) in [6.07, 6.45) is 6.06. The van der Waals surface area contributed by atoms with Gasteiger partial charge >= 0.3 is 0 Å². The van der Waals surface area contributed by atoms with Gasteiger partial charge < -0.3 is 19.5 Å². The predicted octanol–water partition coefficient (Wildman–Crippen LogP) is 1.98. The third-order valence-corrected chi connectivity index (χ3v) is 3.16. The van der Waals surface area contributed by atoms with Crippen molar-refractivity contribution in [2.45, 2.75) is 45.1 Å². The van der Waals surface area contributed by atoms with Crippen molar-refractivity contribution >= 4 is 0 Å². The van der Waals surface area contributed by atoms with Crippen LogP contribution in [0, 0.1) is 0 Å². The first-order chi connectivity index (χ1) is 8.93. The maximum Gasteiger partial charge on any atom is 0.0701 e. The summed E-state index contributed by atoms with van der Waals surface area (Å²) in [4.78, 5) is 0. The number of rotatable bonds is 12. The van der Waals surface area contributed by atoms with Gasteiger partial charge in [0.15, 0.2) is 0 Å². The van der Waals surface area contributed by atoms with E-state index >= 15 is 0 Å². The lowest BCUT2D eigenvalue weighted by molar-refractivity contribution is 0.0128. The molecule has 0 amide bonds. The second kappa shape index (κ2) is 11.9. The highest BCUT2D eigenvalue weighted by molar-refractivity contribution is 4.73. The topological polar surface area (TPSA) is 39.7 Å². The molecule has 1 aliphatic heterocycles. The molecule has 18 heavy (non-hydrogen) atoms. The lowest BCUT2D eigenvalue weighted by atomic mass is 10.2.